The van der Waals surface area contributed by atoms with Gasteiger partial charge >= 0.3 is 0 Å². The van der Waals surface area contributed by atoms with Gasteiger partial charge in [0.2, 0.25) is 0 Å². The summed E-state index contributed by atoms with van der Waals surface area (Å²) >= 11 is 0. The maximum atomic E-state index is 12.4. The molecule has 0 saturated heterocycles. The third kappa shape index (κ3) is 3.77. The first-order valence-corrected chi connectivity index (χ1v) is 7.62. The van der Waals surface area contributed by atoms with E-state index in [4.69, 9.17) is 14.0 Å². The fourth-order valence-electron chi connectivity index (χ4n) is 2.24. The minimum Gasteiger partial charge on any atom is -0.493 e. The second kappa shape index (κ2) is 7.48. The van der Waals surface area contributed by atoms with Crippen LogP contribution in [0.3, 0.4) is 0 Å². The van der Waals surface area contributed by atoms with Gasteiger partial charge in [-0.25, -0.2) is 4.98 Å². The van der Waals surface area contributed by atoms with E-state index in [0.29, 0.717) is 28.6 Å². The van der Waals surface area contributed by atoms with Gasteiger partial charge in [0.15, 0.2) is 17.2 Å². The Hall–Kier alpha value is -3.35. The Morgan fingerprint density at radius 1 is 1.16 bits per heavy atom. The summed E-state index contributed by atoms with van der Waals surface area (Å²) in [5.74, 6) is 1.72. The minimum absolute atomic E-state index is 0.126. The molecule has 0 aliphatic carbocycles. The molecule has 7 nitrogen and oxygen atoms in total. The summed E-state index contributed by atoms with van der Waals surface area (Å²) in [5.41, 5.74) is 0.734. The number of para-hydroxylation sites is 2. The predicted octanol–water partition coefficient (Wildman–Crippen LogP) is 3.22. The van der Waals surface area contributed by atoms with Crippen molar-refractivity contribution < 1.29 is 18.8 Å². The molecule has 1 aromatic carbocycles. The number of amides is 1. The van der Waals surface area contributed by atoms with E-state index in [2.05, 4.69) is 15.5 Å². The van der Waals surface area contributed by atoms with Crippen molar-refractivity contribution in [2.75, 3.05) is 12.4 Å². The largest absolute Gasteiger partial charge is 0.493 e. The highest BCUT2D eigenvalue weighted by Gasteiger charge is 2.21. The lowest BCUT2D eigenvalue weighted by atomic mass is 10.2. The van der Waals surface area contributed by atoms with Gasteiger partial charge in [-0.05, 0) is 31.2 Å². The van der Waals surface area contributed by atoms with Crippen molar-refractivity contribution in [3.05, 3.63) is 65.7 Å². The van der Waals surface area contributed by atoms with Crippen LogP contribution >= 0.6 is 0 Å². The molecule has 0 bridgehead atoms. The number of hydrogen-bond acceptors (Lipinski definition) is 6. The molecule has 3 aromatic rings. The summed E-state index contributed by atoms with van der Waals surface area (Å²) in [4.78, 5) is 16.5. The lowest BCUT2D eigenvalue weighted by Gasteiger charge is -2.10. The molecule has 0 saturated carbocycles. The van der Waals surface area contributed by atoms with Gasteiger partial charge < -0.3 is 19.3 Å². The van der Waals surface area contributed by atoms with Crippen molar-refractivity contribution in [3.63, 3.8) is 0 Å². The van der Waals surface area contributed by atoms with Crippen LogP contribution in [0.5, 0.6) is 11.5 Å². The fraction of sp³-hybridized carbons (Fsp3) is 0.167. The van der Waals surface area contributed by atoms with Crippen LogP contribution in [-0.2, 0) is 6.61 Å². The summed E-state index contributed by atoms with van der Waals surface area (Å²) in [6, 6.07) is 12.5. The topological polar surface area (TPSA) is 86.5 Å². The molecule has 1 amide bonds. The Labute approximate surface area is 144 Å². The van der Waals surface area contributed by atoms with E-state index in [1.54, 1.807) is 50.6 Å². The Balaban J connectivity index is 1.76. The molecular weight excluding hydrogens is 322 g/mol. The van der Waals surface area contributed by atoms with E-state index in [0.717, 1.165) is 0 Å². The fourth-order valence-corrected chi connectivity index (χ4v) is 2.24. The minimum atomic E-state index is -0.408. The van der Waals surface area contributed by atoms with E-state index in [9.17, 15) is 4.79 Å². The van der Waals surface area contributed by atoms with Gasteiger partial charge in [-0.3, -0.25) is 4.79 Å². The SMILES string of the molecule is COc1ccccc1OCc1c(C(=O)Nc2ccccn2)noc1C. The number of aromatic nitrogens is 2. The number of anilines is 1. The van der Waals surface area contributed by atoms with Crippen LogP contribution in [0.4, 0.5) is 5.82 Å². The Kier molecular flexibility index (Phi) is 4.94. The number of aryl methyl sites for hydroxylation is 1. The number of ether oxygens (including phenoxy) is 2. The smallest absolute Gasteiger partial charge is 0.279 e. The van der Waals surface area contributed by atoms with Gasteiger partial charge in [-0.2, -0.15) is 0 Å². The van der Waals surface area contributed by atoms with Gasteiger partial charge in [0.1, 0.15) is 18.2 Å². The van der Waals surface area contributed by atoms with Gasteiger partial charge in [0, 0.05) is 6.20 Å². The van der Waals surface area contributed by atoms with Crippen molar-refractivity contribution in [1.29, 1.82) is 0 Å². The maximum Gasteiger partial charge on any atom is 0.279 e. The van der Waals surface area contributed by atoms with E-state index in [1.165, 1.54) is 0 Å². The van der Waals surface area contributed by atoms with Crippen molar-refractivity contribution in [2.24, 2.45) is 0 Å². The van der Waals surface area contributed by atoms with Gasteiger partial charge in [0.05, 0.1) is 12.7 Å². The van der Waals surface area contributed by atoms with Crippen LogP contribution in [0.15, 0.2) is 53.2 Å². The average molecular weight is 339 g/mol. The van der Waals surface area contributed by atoms with Crippen LogP contribution < -0.4 is 14.8 Å². The van der Waals surface area contributed by atoms with Crippen LogP contribution in [0, 0.1) is 6.92 Å². The monoisotopic (exact) mass is 339 g/mol. The summed E-state index contributed by atoms with van der Waals surface area (Å²) in [7, 11) is 1.57. The Bertz CT molecular complexity index is 862. The number of carbonyl (C=O) groups is 1. The number of rotatable bonds is 6. The molecular formula is C18H17N3O4. The molecule has 25 heavy (non-hydrogen) atoms. The first-order valence-electron chi connectivity index (χ1n) is 7.62. The molecule has 1 N–H and O–H groups in total. The molecule has 0 aliphatic heterocycles. The van der Waals surface area contributed by atoms with E-state index in [-0.39, 0.29) is 12.3 Å². The zero-order valence-corrected chi connectivity index (χ0v) is 13.9. The summed E-state index contributed by atoms with van der Waals surface area (Å²) in [5, 5.41) is 6.52. The normalized spacial score (nSPS) is 10.3. The molecule has 2 heterocycles. The highest BCUT2D eigenvalue weighted by atomic mass is 16.5. The Morgan fingerprint density at radius 2 is 1.92 bits per heavy atom. The summed E-state index contributed by atoms with van der Waals surface area (Å²) < 4.78 is 16.2. The Morgan fingerprint density at radius 3 is 2.64 bits per heavy atom. The molecule has 0 spiro atoms. The van der Waals surface area contributed by atoms with Gasteiger partial charge in [0.25, 0.3) is 5.91 Å². The van der Waals surface area contributed by atoms with Crippen molar-refractivity contribution in [2.45, 2.75) is 13.5 Å². The number of nitrogens with zero attached hydrogens (tertiary/aromatic N) is 2. The average Bonchev–Trinajstić information content (AvgIpc) is 3.01. The summed E-state index contributed by atoms with van der Waals surface area (Å²) in [6.45, 7) is 1.85. The third-order valence-electron chi connectivity index (χ3n) is 3.55. The number of carbonyl (C=O) groups excluding carboxylic acids is 1. The van der Waals surface area contributed by atoms with E-state index in [1.807, 2.05) is 12.1 Å². The number of benzene rings is 1. The first kappa shape index (κ1) is 16.5. The molecule has 0 aliphatic rings. The van der Waals surface area contributed by atoms with E-state index >= 15 is 0 Å². The van der Waals surface area contributed by atoms with Crippen molar-refractivity contribution in [3.8, 4) is 11.5 Å². The zero-order valence-electron chi connectivity index (χ0n) is 13.9. The van der Waals surface area contributed by atoms with Crippen molar-refractivity contribution >= 4 is 11.7 Å². The molecule has 2 aromatic heterocycles. The number of nitrogens with one attached hydrogen (secondary N) is 1. The highest BCUT2D eigenvalue weighted by molar-refractivity contribution is 6.03. The number of pyridine rings is 1. The van der Waals surface area contributed by atoms with Crippen LogP contribution in [0.1, 0.15) is 21.8 Å². The molecule has 128 valence electrons. The van der Waals surface area contributed by atoms with Gasteiger partial charge in [-0.1, -0.05) is 23.4 Å². The van der Waals surface area contributed by atoms with E-state index < -0.39 is 5.91 Å². The second-order valence-electron chi connectivity index (χ2n) is 5.17. The highest BCUT2D eigenvalue weighted by Crippen LogP contribution is 2.27. The standard InChI is InChI=1S/C18H17N3O4/c1-12-13(11-24-15-8-4-3-7-14(15)23-2)17(21-25-12)18(22)20-16-9-5-6-10-19-16/h3-10H,11H2,1-2H3,(H,19,20,22). The molecule has 7 heteroatoms. The second-order valence-corrected chi connectivity index (χ2v) is 5.17. The van der Waals surface area contributed by atoms with Crippen molar-refractivity contribution in [1.82, 2.24) is 10.1 Å². The lowest BCUT2D eigenvalue weighted by molar-refractivity contribution is 0.101. The lowest BCUT2D eigenvalue weighted by Crippen LogP contribution is -2.16. The zero-order chi connectivity index (χ0) is 17.6. The van der Waals surface area contributed by atoms with Gasteiger partial charge in [-0.15, -0.1) is 0 Å². The third-order valence-corrected chi connectivity index (χ3v) is 3.55. The number of methoxy groups -OCH3 is 1. The molecule has 3 rings (SSSR count). The first-order chi connectivity index (χ1) is 12.2. The maximum absolute atomic E-state index is 12.4. The summed E-state index contributed by atoms with van der Waals surface area (Å²) in [6.07, 6.45) is 1.59. The van der Waals surface area contributed by atoms with Crippen LogP contribution in [0.2, 0.25) is 0 Å². The van der Waals surface area contributed by atoms with Crippen LogP contribution in [0.25, 0.3) is 0 Å². The molecule has 0 atom stereocenters. The quantitative estimate of drug-likeness (QED) is 0.742. The van der Waals surface area contributed by atoms with Crippen LogP contribution in [-0.4, -0.2) is 23.2 Å². The molecule has 0 fully saturated rings. The molecule has 0 radical (unpaired) electrons. The molecule has 0 unspecified atom stereocenters. The predicted molar refractivity (Wildman–Crippen MR) is 90.8 cm³/mol. The number of hydrogen-bond donors (Lipinski definition) is 1.